The number of nitro groups is 1. The van der Waals surface area contributed by atoms with Crippen LogP contribution in [0.2, 0.25) is 0 Å². The van der Waals surface area contributed by atoms with Crippen LogP contribution in [0.1, 0.15) is 0 Å². The number of aliphatic carboxylic acids is 3. The van der Waals surface area contributed by atoms with Gasteiger partial charge in [-0.25, -0.2) is 4.79 Å². The van der Waals surface area contributed by atoms with Gasteiger partial charge in [0.1, 0.15) is 25.4 Å². The molecule has 18 heteroatoms. The van der Waals surface area contributed by atoms with Crippen LogP contribution in [0, 0.1) is 50.1 Å². The summed E-state index contributed by atoms with van der Waals surface area (Å²) in [7, 11) is 1.39. The SMILES string of the molecule is CN(CC(=O)Oc1ccc([N+](=O)[O-])cc1)C(=O)CN1CCN(CC(=O)O)/C=C\N(CC(=O)O)CCN(CC(=O)O)CC1.[Gd]. The van der Waals surface area contributed by atoms with Gasteiger partial charge in [0.05, 0.1) is 18.0 Å². The zero-order chi connectivity index (χ0) is 31.2. The van der Waals surface area contributed by atoms with Gasteiger partial charge in [0.25, 0.3) is 5.69 Å². The smallest absolute Gasteiger partial charge is 0.331 e. The molecule has 17 nitrogen and oxygen atoms in total. The van der Waals surface area contributed by atoms with Gasteiger partial charge in [-0.15, -0.1) is 0 Å². The average Bonchev–Trinajstić information content (AvgIpc) is 2.89. The van der Waals surface area contributed by atoms with Crippen LogP contribution in [0.25, 0.3) is 0 Å². The molecule has 1 aliphatic rings. The van der Waals surface area contributed by atoms with Crippen molar-refractivity contribution in [3.63, 3.8) is 0 Å². The minimum atomic E-state index is -1.11. The normalized spacial score (nSPS) is 15.7. The molecule has 0 bridgehead atoms. The van der Waals surface area contributed by atoms with Crippen LogP contribution in [-0.4, -0.2) is 154 Å². The summed E-state index contributed by atoms with van der Waals surface area (Å²) >= 11 is 0. The fourth-order valence-electron chi connectivity index (χ4n) is 3.90. The Hall–Kier alpha value is -3.45. The largest absolute Gasteiger partial charge is 0.480 e. The number of ether oxygens (including phenoxy) is 1. The number of carboxylic acid groups (broad SMARTS) is 3. The molecule has 0 aliphatic carbocycles. The topological polar surface area (TPSA) is 215 Å². The quantitative estimate of drug-likeness (QED) is 0.100. The van der Waals surface area contributed by atoms with Gasteiger partial charge in [0.15, 0.2) is 0 Å². The maximum absolute atomic E-state index is 13.0. The summed E-state index contributed by atoms with van der Waals surface area (Å²) in [4.78, 5) is 76.9. The van der Waals surface area contributed by atoms with Gasteiger partial charge in [0, 0.05) is 111 Å². The van der Waals surface area contributed by atoms with E-state index in [0.717, 1.165) is 4.90 Å². The zero-order valence-electron chi connectivity index (χ0n) is 23.4. The van der Waals surface area contributed by atoms with E-state index in [1.807, 2.05) is 0 Å². The molecule has 3 N–H and O–H groups in total. The van der Waals surface area contributed by atoms with Crippen LogP contribution >= 0.6 is 0 Å². The molecular formula is C25H34GdN6O11. The van der Waals surface area contributed by atoms with Crippen LogP contribution < -0.4 is 4.74 Å². The monoisotopic (exact) mass is 752 g/mol. The number of esters is 1. The number of rotatable bonds is 12. The molecule has 1 amide bonds. The first-order chi connectivity index (χ1) is 19.8. The third-order valence-corrected chi connectivity index (χ3v) is 6.09. The maximum atomic E-state index is 13.0. The van der Waals surface area contributed by atoms with Crippen molar-refractivity contribution in [3.05, 3.63) is 46.8 Å². The summed E-state index contributed by atoms with van der Waals surface area (Å²) in [6.07, 6.45) is 2.89. The molecule has 1 heterocycles. The number of nitrogens with zero attached hydrogens (tertiary/aromatic N) is 6. The van der Waals surface area contributed by atoms with Gasteiger partial charge >= 0.3 is 23.9 Å². The van der Waals surface area contributed by atoms with Crippen molar-refractivity contribution in [1.29, 1.82) is 0 Å². The van der Waals surface area contributed by atoms with Crippen LogP contribution in [0.4, 0.5) is 5.69 Å². The van der Waals surface area contributed by atoms with E-state index in [1.54, 1.807) is 9.80 Å². The Morgan fingerprint density at radius 3 is 1.67 bits per heavy atom. The summed E-state index contributed by atoms with van der Waals surface area (Å²) in [6, 6.07) is 4.87. The maximum Gasteiger partial charge on any atom is 0.331 e. The molecule has 238 valence electrons. The van der Waals surface area contributed by atoms with E-state index in [4.69, 9.17) is 4.74 Å². The van der Waals surface area contributed by atoms with E-state index >= 15 is 0 Å². The summed E-state index contributed by atoms with van der Waals surface area (Å²) in [6.45, 7) is -0.484. The number of carboxylic acids is 3. The van der Waals surface area contributed by atoms with E-state index in [2.05, 4.69) is 0 Å². The van der Waals surface area contributed by atoms with Crippen molar-refractivity contribution in [2.75, 3.05) is 79.0 Å². The van der Waals surface area contributed by atoms with Gasteiger partial charge < -0.3 is 34.8 Å². The van der Waals surface area contributed by atoms with Crippen LogP contribution in [0.5, 0.6) is 5.75 Å². The molecule has 2 rings (SSSR count). The molecule has 0 unspecified atom stereocenters. The Balaban J connectivity index is 0.00000924. The molecule has 1 aliphatic heterocycles. The standard InChI is InChI=1S/C25H34N6O11.Gd/c1-26(18-25(39)42-20-4-2-19(3-5-20)31(40)41)21(32)14-27-6-8-28(15-22(33)34)10-12-30(17-24(37)38)13-11-29(9-7-27)16-23(35)36;/h2-5,10,12H,6-9,11,13-18H2,1H3,(H,33,34)(H,35,36)(H,37,38);/b12-10-;. The molecule has 0 spiro atoms. The first-order valence-corrected chi connectivity index (χ1v) is 12.8. The summed E-state index contributed by atoms with van der Waals surface area (Å²) in [5.41, 5.74) is -0.176. The van der Waals surface area contributed by atoms with Crippen molar-refractivity contribution >= 4 is 35.5 Å². The van der Waals surface area contributed by atoms with Gasteiger partial charge in [-0.3, -0.25) is 39.1 Å². The molecule has 0 radical (unpaired) electrons. The molecule has 0 saturated heterocycles. The number of hydrogen-bond acceptors (Lipinski definition) is 12. The number of hydrogen-bond donors (Lipinski definition) is 3. The first kappa shape index (κ1) is 37.6. The van der Waals surface area contributed by atoms with Crippen molar-refractivity contribution in [2.24, 2.45) is 0 Å². The van der Waals surface area contributed by atoms with Crippen molar-refractivity contribution in [1.82, 2.24) is 24.5 Å². The van der Waals surface area contributed by atoms with Gasteiger partial charge in [-0.2, -0.15) is 0 Å². The molecule has 0 saturated carbocycles. The number of non-ortho nitro benzene ring substituents is 1. The summed E-state index contributed by atoms with van der Waals surface area (Å²) < 4.78 is 5.15. The molecule has 1 aromatic rings. The van der Waals surface area contributed by atoms with E-state index < -0.39 is 41.3 Å². The second kappa shape index (κ2) is 19.0. The molecule has 0 atom stereocenters. The number of carbonyl (C=O) groups excluding carboxylic acids is 2. The van der Waals surface area contributed by atoms with Crippen molar-refractivity contribution in [3.8, 4) is 5.75 Å². The number of likely N-dealkylation sites (N-methyl/N-ethyl adjacent to an activating group) is 1. The second-order valence-corrected chi connectivity index (χ2v) is 9.45. The average molecular weight is 752 g/mol. The zero-order valence-corrected chi connectivity index (χ0v) is 25.7. The Morgan fingerprint density at radius 2 is 1.23 bits per heavy atom. The number of carbonyl (C=O) groups is 5. The Bertz CT molecular complexity index is 1170. The predicted molar refractivity (Wildman–Crippen MR) is 144 cm³/mol. The van der Waals surface area contributed by atoms with E-state index in [0.29, 0.717) is 0 Å². The summed E-state index contributed by atoms with van der Waals surface area (Å²) in [5, 5.41) is 38.6. The Kier molecular flexibility index (Phi) is 16.6. The third kappa shape index (κ3) is 15.0. The van der Waals surface area contributed by atoms with Gasteiger partial charge in [0.2, 0.25) is 5.91 Å². The van der Waals surface area contributed by atoms with E-state index in [-0.39, 0.29) is 117 Å². The predicted octanol–water partition coefficient (Wildman–Crippen LogP) is -1.09. The van der Waals surface area contributed by atoms with E-state index in [1.165, 1.54) is 53.5 Å². The molecular weight excluding hydrogens is 718 g/mol. The number of nitro benzene ring substituents is 1. The molecule has 1 aromatic carbocycles. The van der Waals surface area contributed by atoms with Crippen LogP contribution in [0.15, 0.2) is 36.7 Å². The minimum absolute atomic E-state index is 0. The fourth-order valence-corrected chi connectivity index (χ4v) is 3.90. The molecule has 0 fully saturated rings. The fraction of sp³-hybridized carbons (Fsp3) is 0.480. The first-order valence-electron chi connectivity index (χ1n) is 12.8. The molecule has 43 heavy (non-hydrogen) atoms. The van der Waals surface area contributed by atoms with Crippen LogP contribution in [0.3, 0.4) is 0 Å². The second-order valence-electron chi connectivity index (χ2n) is 9.45. The number of benzene rings is 1. The van der Waals surface area contributed by atoms with Gasteiger partial charge in [-0.1, -0.05) is 0 Å². The molecule has 0 aromatic heterocycles. The van der Waals surface area contributed by atoms with Crippen molar-refractivity contribution in [2.45, 2.75) is 0 Å². The van der Waals surface area contributed by atoms with Gasteiger partial charge in [-0.05, 0) is 12.1 Å². The van der Waals surface area contributed by atoms with E-state index in [9.17, 15) is 49.4 Å². The third-order valence-electron chi connectivity index (χ3n) is 6.09. The minimum Gasteiger partial charge on any atom is -0.480 e. The number of amides is 1. The Morgan fingerprint density at radius 1 is 0.791 bits per heavy atom. The Labute approximate surface area is 279 Å². The van der Waals surface area contributed by atoms with Crippen LogP contribution in [-0.2, 0) is 24.0 Å². The summed E-state index contributed by atoms with van der Waals surface area (Å²) in [5.74, 6) is -4.46. The van der Waals surface area contributed by atoms with Crippen molar-refractivity contribution < 1.29 is 88.9 Å².